The average Bonchev–Trinajstić information content (AvgIpc) is 2.27. The van der Waals surface area contributed by atoms with Crippen molar-refractivity contribution in [3.63, 3.8) is 0 Å². The molecule has 0 aliphatic heterocycles. The zero-order chi connectivity index (χ0) is 13.4. The molecule has 0 N–H and O–H groups in total. The number of hydrogen-bond donors (Lipinski definition) is 0. The molecule has 0 fully saturated rings. The lowest BCUT2D eigenvalue weighted by molar-refractivity contribution is -0.142. The van der Waals surface area contributed by atoms with Crippen LogP contribution in [0, 0.1) is 0 Å². The number of halogens is 1. The van der Waals surface area contributed by atoms with E-state index in [1.807, 2.05) is 0 Å². The highest BCUT2D eigenvalue weighted by Gasteiger charge is 2.14. The van der Waals surface area contributed by atoms with E-state index in [9.17, 15) is 9.18 Å². The molecule has 3 heteroatoms. The molecule has 0 rings (SSSR count). The Morgan fingerprint density at radius 1 is 1.29 bits per heavy atom. The van der Waals surface area contributed by atoms with Gasteiger partial charge in [-0.3, -0.25) is 0 Å². The average molecular weight is 238 g/mol. The lowest BCUT2D eigenvalue weighted by atomic mass is 10.1. The minimum Gasteiger partial charge on any atom is -0.459 e. The van der Waals surface area contributed by atoms with Gasteiger partial charge in [0.15, 0.2) is 0 Å². The van der Waals surface area contributed by atoms with Crippen LogP contribution < -0.4 is 0 Å². The molecule has 0 aromatic heterocycles. The van der Waals surface area contributed by atoms with Crippen molar-refractivity contribution in [2.24, 2.45) is 0 Å². The largest absolute Gasteiger partial charge is 0.459 e. The summed E-state index contributed by atoms with van der Waals surface area (Å²) in [6.45, 7) is 10.4. The molecule has 0 saturated heterocycles. The summed E-state index contributed by atoms with van der Waals surface area (Å²) < 4.78 is 18.2. The minimum absolute atomic E-state index is 0.213. The minimum atomic E-state index is -0.474. The van der Waals surface area contributed by atoms with Gasteiger partial charge in [0.25, 0.3) is 0 Å². The van der Waals surface area contributed by atoms with E-state index < -0.39 is 11.8 Å². The Hall–Kier alpha value is -1.64. The summed E-state index contributed by atoms with van der Waals surface area (Å²) in [5, 5.41) is 0. The molecule has 0 radical (unpaired) electrons. The number of carbonyl (C=O) groups excluding carboxylic acids is 1. The zero-order valence-electron chi connectivity index (χ0n) is 10.8. The Labute approximate surface area is 102 Å². The first kappa shape index (κ1) is 15.4. The Bertz CT molecular complexity index is 374. The molecule has 0 amide bonds. The molecule has 0 spiro atoms. The van der Waals surface area contributed by atoms with Crippen LogP contribution in [0.4, 0.5) is 4.39 Å². The Balaban J connectivity index is 5.17. The fraction of sp³-hybridized carbons (Fsp3) is 0.357. The fourth-order valence-corrected chi connectivity index (χ4v) is 1.16. The summed E-state index contributed by atoms with van der Waals surface area (Å²) in [4.78, 5) is 11.7. The van der Waals surface area contributed by atoms with Crippen molar-refractivity contribution in [2.45, 2.75) is 33.8 Å². The number of ether oxygens (including phenoxy) is 1. The predicted octanol–water partition coefficient (Wildman–Crippen LogP) is 3.87. The SMILES string of the molecule is C=CC(=C\C(F)=C/C)/C(=C\C)C(=O)OC(C)C. The first-order chi connectivity index (χ1) is 7.96. The molecule has 0 saturated carbocycles. The number of hydrogen-bond acceptors (Lipinski definition) is 2. The monoisotopic (exact) mass is 238 g/mol. The van der Waals surface area contributed by atoms with Gasteiger partial charge in [0.2, 0.25) is 0 Å². The van der Waals surface area contributed by atoms with Gasteiger partial charge >= 0.3 is 5.97 Å². The lowest BCUT2D eigenvalue weighted by Crippen LogP contribution is -2.14. The van der Waals surface area contributed by atoms with Gasteiger partial charge in [-0.2, -0.15) is 0 Å². The van der Waals surface area contributed by atoms with Crippen LogP contribution in [0.5, 0.6) is 0 Å². The van der Waals surface area contributed by atoms with Crippen molar-refractivity contribution >= 4 is 5.97 Å². The summed E-state index contributed by atoms with van der Waals surface area (Å²) in [6.07, 6.45) is 5.37. The summed E-state index contributed by atoms with van der Waals surface area (Å²) >= 11 is 0. The third kappa shape index (κ3) is 5.29. The van der Waals surface area contributed by atoms with Gasteiger partial charge in [0.1, 0.15) is 5.83 Å². The topological polar surface area (TPSA) is 26.3 Å². The van der Waals surface area contributed by atoms with Crippen molar-refractivity contribution in [1.29, 1.82) is 0 Å². The summed E-state index contributed by atoms with van der Waals surface area (Å²) in [5.74, 6) is -0.894. The fourth-order valence-electron chi connectivity index (χ4n) is 1.16. The van der Waals surface area contributed by atoms with Crippen LogP contribution in [-0.2, 0) is 9.53 Å². The van der Waals surface area contributed by atoms with Crippen LogP contribution >= 0.6 is 0 Å². The second kappa shape index (κ2) is 7.60. The third-order valence-electron chi connectivity index (χ3n) is 1.95. The maximum Gasteiger partial charge on any atom is 0.338 e. The van der Waals surface area contributed by atoms with Gasteiger partial charge in [0, 0.05) is 0 Å². The summed E-state index contributed by atoms with van der Waals surface area (Å²) in [6, 6.07) is 0. The maximum atomic E-state index is 13.1. The molecule has 0 aromatic rings. The van der Waals surface area contributed by atoms with E-state index in [4.69, 9.17) is 4.74 Å². The van der Waals surface area contributed by atoms with E-state index in [-0.39, 0.29) is 6.10 Å². The number of allylic oxidation sites excluding steroid dienone is 5. The van der Waals surface area contributed by atoms with Gasteiger partial charge in [0.05, 0.1) is 11.7 Å². The second-order valence-electron chi connectivity index (χ2n) is 3.63. The molecule has 0 bridgehead atoms. The highest BCUT2D eigenvalue weighted by atomic mass is 19.1. The van der Waals surface area contributed by atoms with Gasteiger partial charge in [-0.25, -0.2) is 9.18 Å². The van der Waals surface area contributed by atoms with E-state index >= 15 is 0 Å². The Morgan fingerprint density at radius 2 is 1.88 bits per heavy atom. The van der Waals surface area contributed by atoms with Gasteiger partial charge < -0.3 is 4.74 Å². The van der Waals surface area contributed by atoms with Crippen LogP contribution in [-0.4, -0.2) is 12.1 Å². The van der Waals surface area contributed by atoms with Crippen molar-refractivity contribution in [3.05, 3.63) is 47.9 Å². The van der Waals surface area contributed by atoms with E-state index in [1.165, 1.54) is 18.2 Å². The van der Waals surface area contributed by atoms with E-state index in [0.717, 1.165) is 0 Å². The quantitative estimate of drug-likeness (QED) is 0.413. The standard InChI is InChI=1S/C14H19FO2/c1-6-11(9-12(15)7-2)13(8-3)14(16)17-10(4)5/h6-10H,1H2,2-5H3/b11-9+,12-7+,13-8+. The molecule has 0 atom stereocenters. The highest BCUT2D eigenvalue weighted by Crippen LogP contribution is 2.17. The summed E-state index contributed by atoms with van der Waals surface area (Å²) in [7, 11) is 0. The molecule has 94 valence electrons. The van der Waals surface area contributed by atoms with Gasteiger partial charge in [-0.05, 0) is 39.3 Å². The molecule has 0 unspecified atom stereocenters. The lowest BCUT2D eigenvalue weighted by Gasteiger charge is -2.11. The molecular formula is C14H19FO2. The first-order valence-corrected chi connectivity index (χ1v) is 5.49. The number of rotatable bonds is 5. The van der Waals surface area contributed by atoms with Crippen LogP contribution in [0.3, 0.4) is 0 Å². The Morgan fingerprint density at radius 3 is 2.24 bits per heavy atom. The van der Waals surface area contributed by atoms with Crippen LogP contribution in [0.2, 0.25) is 0 Å². The predicted molar refractivity (Wildman–Crippen MR) is 68.1 cm³/mol. The van der Waals surface area contributed by atoms with Crippen molar-refractivity contribution in [1.82, 2.24) is 0 Å². The van der Waals surface area contributed by atoms with E-state index in [0.29, 0.717) is 11.1 Å². The van der Waals surface area contributed by atoms with Crippen molar-refractivity contribution < 1.29 is 13.9 Å². The Kier molecular flexibility index (Phi) is 6.87. The molecule has 0 aliphatic carbocycles. The maximum absolute atomic E-state index is 13.1. The molecule has 2 nitrogen and oxygen atoms in total. The van der Waals surface area contributed by atoms with Crippen molar-refractivity contribution in [3.8, 4) is 0 Å². The van der Waals surface area contributed by atoms with E-state index in [2.05, 4.69) is 6.58 Å². The molecular weight excluding hydrogens is 219 g/mol. The first-order valence-electron chi connectivity index (χ1n) is 5.49. The van der Waals surface area contributed by atoms with Gasteiger partial charge in [-0.15, -0.1) is 0 Å². The number of carbonyl (C=O) groups is 1. The normalized spacial score (nSPS) is 13.9. The molecule has 0 heterocycles. The van der Waals surface area contributed by atoms with Crippen LogP contribution in [0.15, 0.2) is 47.9 Å². The molecule has 0 aliphatic rings. The second-order valence-corrected chi connectivity index (χ2v) is 3.63. The molecule has 17 heavy (non-hydrogen) atoms. The zero-order valence-corrected chi connectivity index (χ0v) is 10.8. The van der Waals surface area contributed by atoms with Gasteiger partial charge in [-0.1, -0.05) is 24.8 Å². The highest BCUT2D eigenvalue weighted by molar-refractivity contribution is 5.94. The van der Waals surface area contributed by atoms with Crippen LogP contribution in [0.1, 0.15) is 27.7 Å². The summed E-state index contributed by atoms with van der Waals surface area (Å²) in [5.41, 5.74) is 0.722. The molecule has 0 aromatic carbocycles. The third-order valence-corrected chi connectivity index (χ3v) is 1.95. The van der Waals surface area contributed by atoms with Crippen LogP contribution in [0.25, 0.3) is 0 Å². The van der Waals surface area contributed by atoms with E-state index in [1.54, 1.807) is 33.8 Å². The number of esters is 1. The smallest absolute Gasteiger partial charge is 0.338 e. The van der Waals surface area contributed by atoms with Crippen molar-refractivity contribution in [2.75, 3.05) is 0 Å².